The summed E-state index contributed by atoms with van der Waals surface area (Å²) in [4.78, 5) is 0. The van der Waals surface area contributed by atoms with E-state index in [1.807, 2.05) is 6.08 Å². The van der Waals surface area contributed by atoms with Crippen LogP contribution in [0.15, 0.2) is 11.5 Å². The van der Waals surface area contributed by atoms with Gasteiger partial charge in [-0.25, -0.2) is 0 Å². The second-order valence-electron chi connectivity index (χ2n) is 3.87. The second-order valence-corrected chi connectivity index (χ2v) is 5.90. The van der Waals surface area contributed by atoms with E-state index in [1.165, 1.54) is 0 Å². The first-order valence-corrected chi connectivity index (χ1v) is 7.61. The maximum Gasteiger partial charge on any atom is 0.376 e. The third-order valence-electron chi connectivity index (χ3n) is 2.59. The molecule has 1 saturated heterocycles. The quantitative estimate of drug-likeness (QED) is 0.745. The summed E-state index contributed by atoms with van der Waals surface area (Å²) in [7, 11) is -3.28. The minimum atomic E-state index is -3.28. The van der Waals surface area contributed by atoms with Crippen molar-refractivity contribution in [3.63, 3.8) is 0 Å². The topological polar surface area (TPSA) is 70.8 Å². The Hall–Kier alpha value is -0.350. The molecule has 1 heterocycles. The van der Waals surface area contributed by atoms with Crippen LogP contribution in [0.25, 0.3) is 0 Å². The zero-order chi connectivity index (χ0) is 12.7. The van der Waals surface area contributed by atoms with E-state index in [0.29, 0.717) is 19.1 Å². The molecule has 100 valence electrons. The van der Waals surface area contributed by atoms with E-state index in [0.717, 1.165) is 26.1 Å². The first-order valence-electron chi connectivity index (χ1n) is 6.07. The van der Waals surface area contributed by atoms with Gasteiger partial charge in [0, 0.05) is 13.2 Å². The Kier molecular flexibility index (Phi) is 6.20. The van der Waals surface area contributed by atoms with Gasteiger partial charge in [0.15, 0.2) is 0 Å². The smallest absolute Gasteiger partial charge is 0.376 e. The first kappa shape index (κ1) is 14.7. The summed E-state index contributed by atoms with van der Waals surface area (Å²) in [5.41, 5.74) is 6.09. The predicted octanol–water partition coefficient (Wildman–Crippen LogP) is 2.48. The van der Waals surface area contributed by atoms with E-state index in [-0.39, 0.29) is 5.44 Å². The van der Waals surface area contributed by atoms with Gasteiger partial charge >= 0.3 is 7.60 Å². The minimum Gasteiger partial charge on any atom is -0.392 e. The van der Waals surface area contributed by atoms with E-state index in [4.69, 9.17) is 19.5 Å². The van der Waals surface area contributed by atoms with Crippen LogP contribution in [0.3, 0.4) is 0 Å². The lowest BCUT2D eigenvalue weighted by Crippen LogP contribution is -2.16. The highest BCUT2D eigenvalue weighted by Crippen LogP contribution is 2.54. The van der Waals surface area contributed by atoms with Gasteiger partial charge in [-0.05, 0) is 38.7 Å². The molecule has 1 aliphatic rings. The SMILES string of the molecule is CCOP(=O)(OCC)/C(N)=C/C1CCOCC1. The summed E-state index contributed by atoms with van der Waals surface area (Å²) in [6.07, 6.45) is 3.62. The summed E-state index contributed by atoms with van der Waals surface area (Å²) in [6, 6.07) is 0. The second kappa shape index (κ2) is 7.17. The molecule has 0 unspecified atom stereocenters. The van der Waals surface area contributed by atoms with Crippen molar-refractivity contribution in [3.8, 4) is 0 Å². The molecule has 0 saturated carbocycles. The third-order valence-corrected chi connectivity index (χ3v) is 4.56. The number of allylic oxidation sites excluding steroid dienone is 1. The molecule has 2 N–H and O–H groups in total. The van der Waals surface area contributed by atoms with Gasteiger partial charge in [-0.2, -0.15) is 0 Å². The molecule has 5 nitrogen and oxygen atoms in total. The Labute approximate surface area is 103 Å². The van der Waals surface area contributed by atoms with Crippen LogP contribution in [0.2, 0.25) is 0 Å². The summed E-state index contributed by atoms with van der Waals surface area (Å²) in [5.74, 6) is 0.304. The zero-order valence-electron chi connectivity index (χ0n) is 10.6. The van der Waals surface area contributed by atoms with E-state index in [1.54, 1.807) is 13.8 Å². The van der Waals surface area contributed by atoms with Gasteiger partial charge in [-0.15, -0.1) is 0 Å². The largest absolute Gasteiger partial charge is 0.392 e. The number of rotatable bonds is 6. The number of hydrogen-bond acceptors (Lipinski definition) is 5. The van der Waals surface area contributed by atoms with Crippen molar-refractivity contribution in [2.24, 2.45) is 11.7 Å². The van der Waals surface area contributed by atoms with Gasteiger partial charge in [-0.3, -0.25) is 4.57 Å². The Morgan fingerprint density at radius 2 is 1.88 bits per heavy atom. The van der Waals surface area contributed by atoms with E-state index in [2.05, 4.69) is 0 Å². The van der Waals surface area contributed by atoms with Crippen LogP contribution in [-0.4, -0.2) is 26.4 Å². The fourth-order valence-corrected chi connectivity index (χ4v) is 3.19. The van der Waals surface area contributed by atoms with E-state index in [9.17, 15) is 4.57 Å². The van der Waals surface area contributed by atoms with Gasteiger partial charge < -0.3 is 19.5 Å². The van der Waals surface area contributed by atoms with Gasteiger partial charge in [-0.1, -0.05) is 0 Å². The van der Waals surface area contributed by atoms with Crippen LogP contribution in [0.1, 0.15) is 26.7 Å². The lowest BCUT2D eigenvalue weighted by Gasteiger charge is -2.22. The lowest BCUT2D eigenvalue weighted by atomic mass is 10.0. The van der Waals surface area contributed by atoms with E-state index >= 15 is 0 Å². The molecule has 0 bridgehead atoms. The molecule has 0 aliphatic carbocycles. The normalized spacial score (nSPS) is 19.5. The molecule has 0 atom stereocenters. The van der Waals surface area contributed by atoms with Crippen molar-refractivity contribution in [3.05, 3.63) is 11.5 Å². The van der Waals surface area contributed by atoms with Gasteiger partial charge in [0.25, 0.3) is 0 Å². The predicted molar refractivity (Wildman–Crippen MR) is 66.7 cm³/mol. The molecule has 0 spiro atoms. The molecule has 1 fully saturated rings. The van der Waals surface area contributed by atoms with Crippen molar-refractivity contribution in [1.82, 2.24) is 0 Å². The van der Waals surface area contributed by atoms with Gasteiger partial charge in [0.2, 0.25) is 0 Å². The van der Waals surface area contributed by atoms with Gasteiger partial charge in [0.05, 0.1) is 13.2 Å². The molecule has 17 heavy (non-hydrogen) atoms. The van der Waals surface area contributed by atoms with Crippen molar-refractivity contribution < 1.29 is 18.3 Å². The average Bonchev–Trinajstić information content (AvgIpc) is 2.31. The molecule has 0 aromatic heterocycles. The Balaban J connectivity index is 2.71. The third kappa shape index (κ3) is 4.43. The highest BCUT2D eigenvalue weighted by atomic mass is 31.2. The molecular formula is C11H22NO4P. The molecule has 0 aromatic rings. The minimum absolute atomic E-state index is 0.230. The molecule has 1 rings (SSSR count). The highest BCUT2D eigenvalue weighted by Gasteiger charge is 2.28. The molecule has 0 radical (unpaired) electrons. The Bertz CT molecular complexity index is 290. The van der Waals surface area contributed by atoms with Crippen LogP contribution >= 0.6 is 7.60 Å². The first-order chi connectivity index (χ1) is 8.12. The maximum absolute atomic E-state index is 12.3. The zero-order valence-corrected chi connectivity index (χ0v) is 11.4. The van der Waals surface area contributed by atoms with Crippen LogP contribution < -0.4 is 5.73 Å². The Morgan fingerprint density at radius 1 is 1.35 bits per heavy atom. The van der Waals surface area contributed by atoms with Crippen molar-refractivity contribution in [1.29, 1.82) is 0 Å². The van der Waals surface area contributed by atoms with Crippen LogP contribution in [0, 0.1) is 5.92 Å². The fourth-order valence-electron chi connectivity index (χ4n) is 1.74. The van der Waals surface area contributed by atoms with Crippen molar-refractivity contribution >= 4 is 7.60 Å². The number of hydrogen-bond donors (Lipinski definition) is 1. The highest BCUT2D eigenvalue weighted by molar-refractivity contribution is 7.58. The van der Waals surface area contributed by atoms with Crippen molar-refractivity contribution in [2.45, 2.75) is 26.7 Å². The standard InChI is InChI=1S/C11H22NO4P/c1-3-15-17(13,16-4-2)11(12)9-10-5-7-14-8-6-10/h9-10H,3-8,12H2,1-2H3/b11-9+. The molecule has 6 heteroatoms. The van der Waals surface area contributed by atoms with Crippen molar-refractivity contribution in [2.75, 3.05) is 26.4 Å². The van der Waals surface area contributed by atoms with Crippen LogP contribution in [0.4, 0.5) is 0 Å². The number of nitrogens with two attached hydrogens (primary N) is 1. The average molecular weight is 263 g/mol. The molecular weight excluding hydrogens is 241 g/mol. The van der Waals surface area contributed by atoms with Crippen LogP contribution in [-0.2, 0) is 18.3 Å². The lowest BCUT2D eigenvalue weighted by molar-refractivity contribution is 0.0783. The van der Waals surface area contributed by atoms with Gasteiger partial charge in [0.1, 0.15) is 5.44 Å². The molecule has 1 aliphatic heterocycles. The number of ether oxygens (including phenoxy) is 1. The fraction of sp³-hybridized carbons (Fsp3) is 0.818. The molecule has 0 amide bonds. The molecule has 0 aromatic carbocycles. The monoisotopic (exact) mass is 263 g/mol. The van der Waals surface area contributed by atoms with E-state index < -0.39 is 7.60 Å². The summed E-state index contributed by atoms with van der Waals surface area (Å²) in [5, 5.41) is 0. The summed E-state index contributed by atoms with van der Waals surface area (Å²) in [6.45, 7) is 5.63. The van der Waals surface area contributed by atoms with Crippen LogP contribution in [0.5, 0.6) is 0 Å². The summed E-state index contributed by atoms with van der Waals surface area (Å²) < 4.78 is 27.9. The summed E-state index contributed by atoms with van der Waals surface area (Å²) >= 11 is 0. The maximum atomic E-state index is 12.3. The Morgan fingerprint density at radius 3 is 2.35 bits per heavy atom.